The molecule has 0 amide bonds. The third-order valence-corrected chi connectivity index (χ3v) is 2.62. The molecular formula is C10H18N4. The van der Waals surface area contributed by atoms with Crippen molar-refractivity contribution in [3.63, 3.8) is 0 Å². The second kappa shape index (κ2) is 4.57. The number of rotatable bonds is 3. The van der Waals surface area contributed by atoms with Gasteiger partial charge in [0.1, 0.15) is 0 Å². The van der Waals surface area contributed by atoms with Crippen molar-refractivity contribution >= 4 is 0 Å². The van der Waals surface area contributed by atoms with Gasteiger partial charge >= 0.3 is 0 Å². The third kappa shape index (κ3) is 2.33. The second-order valence-corrected chi connectivity index (χ2v) is 3.69. The Bertz CT molecular complexity index is 275. The molecule has 1 N–H and O–H groups in total. The van der Waals surface area contributed by atoms with Gasteiger partial charge in [0, 0.05) is 45.5 Å². The van der Waals surface area contributed by atoms with Crippen LogP contribution in [-0.4, -0.2) is 40.9 Å². The maximum Gasteiger partial charge on any atom is 0.0764 e. The molecule has 1 aliphatic heterocycles. The summed E-state index contributed by atoms with van der Waals surface area (Å²) in [6.07, 6.45) is 2.05. The first-order valence-electron chi connectivity index (χ1n) is 5.34. The molecule has 2 heterocycles. The van der Waals surface area contributed by atoms with Gasteiger partial charge in [-0.2, -0.15) is 5.10 Å². The van der Waals surface area contributed by atoms with Crippen molar-refractivity contribution in [1.82, 2.24) is 20.0 Å². The van der Waals surface area contributed by atoms with Crippen molar-refractivity contribution in [3.8, 4) is 0 Å². The molecule has 1 aromatic rings. The predicted molar refractivity (Wildman–Crippen MR) is 56.0 cm³/mol. The van der Waals surface area contributed by atoms with E-state index >= 15 is 0 Å². The smallest absolute Gasteiger partial charge is 0.0764 e. The maximum atomic E-state index is 4.48. The molecule has 0 aliphatic carbocycles. The van der Waals surface area contributed by atoms with Gasteiger partial charge in [0.25, 0.3) is 0 Å². The molecule has 0 unspecified atom stereocenters. The van der Waals surface area contributed by atoms with Crippen LogP contribution in [0.2, 0.25) is 0 Å². The Labute approximate surface area is 84.9 Å². The van der Waals surface area contributed by atoms with Crippen LogP contribution in [0.25, 0.3) is 0 Å². The summed E-state index contributed by atoms with van der Waals surface area (Å²) in [5.74, 6) is 0. The van der Waals surface area contributed by atoms with Crippen LogP contribution in [0.15, 0.2) is 12.3 Å². The van der Waals surface area contributed by atoms with Crippen molar-refractivity contribution in [2.24, 2.45) is 0 Å². The maximum absolute atomic E-state index is 4.48. The molecule has 1 aliphatic rings. The zero-order valence-corrected chi connectivity index (χ0v) is 8.74. The summed E-state index contributed by atoms with van der Waals surface area (Å²) in [5.41, 5.74) is 1.19. The van der Waals surface area contributed by atoms with Gasteiger partial charge in [0.05, 0.1) is 5.69 Å². The van der Waals surface area contributed by atoms with Crippen LogP contribution in [0.5, 0.6) is 0 Å². The van der Waals surface area contributed by atoms with Gasteiger partial charge < -0.3 is 5.32 Å². The van der Waals surface area contributed by atoms with Crippen LogP contribution < -0.4 is 5.32 Å². The highest BCUT2D eigenvalue weighted by Crippen LogP contribution is 2.02. The first-order valence-corrected chi connectivity index (χ1v) is 5.34. The fourth-order valence-electron chi connectivity index (χ4n) is 1.76. The van der Waals surface area contributed by atoms with E-state index < -0.39 is 0 Å². The Morgan fingerprint density at radius 1 is 1.43 bits per heavy atom. The van der Waals surface area contributed by atoms with Gasteiger partial charge in [-0.25, -0.2) is 0 Å². The molecule has 0 saturated carbocycles. The lowest BCUT2D eigenvalue weighted by Gasteiger charge is -2.26. The van der Waals surface area contributed by atoms with Crippen LogP contribution in [0.1, 0.15) is 12.6 Å². The zero-order valence-electron chi connectivity index (χ0n) is 8.74. The molecule has 0 spiro atoms. The van der Waals surface area contributed by atoms with E-state index in [1.165, 1.54) is 5.69 Å². The molecule has 0 aromatic carbocycles. The summed E-state index contributed by atoms with van der Waals surface area (Å²) in [5, 5.41) is 7.83. The van der Waals surface area contributed by atoms with E-state index in [9.17, 15) is 0 Å². The molecule has 14 heavy (non-hydrogen) atoms. The number of hydrogen-bond acceptors (Lipinski definition) is 3. The lowest BCUT2D eigenvalue weighted by Crippen LogP contribution is -2.42. The molecule has 1 saturated heterocycles. The number of nitrogens with zero attached hydrogens (tertiary/aromatic N) is 3. The highest BCUT2D eigenvalue weighted by atomic mass is 15.3. The monoisotopic (exact) mass is 194 g/mol. The van der Waals surface area contributed by atoms with Gasteiger partial charge in [-0.15, -0.1) is 0 Å². The molecule has 0 atom stereocenters. The largest absolute Gasteiger partial charge is 0.314 e. The third-order valence-electron chi connectivity index (χ3n) is 2.62. The lowest BCUT2D eigenvalue weighted by molar-refractivity contribution is 0.230. The van der Waals surface area contributed by atoms with Gasteiger partial charge in [0.2, 0.25) is 0 Å². The van der Waals surface area contributed by atoms with E-state index in [1.54, 1.807) is 0 Å². The highest BCUT2D eigenvalue weighted by molar-refractivity contribution is 4.99. The van der Waals surface area contributed by atoms with Gasteiger partial charge in [-0.1, -0.05) is 0 Å². The molecule has 4 heteroatoms. The molecule has 78 valence electrons. The predicted octanol–water partition coefficient (Wildman–Crippen LogP) is 0.308. The second-order valence-electron chi connectivity index (χ2n) is 3.69. The number of aromatic nitrogens is 2. The first kappa shape index (κ1) is 9.68. The molecule has 2 rings (SSSR count). The van der Waals surface area contributed by atoms with Crippen LogP contribution in [-0.2, 0) is 13.1 Å². The molecule has 1 fully saturated rings. The Morgan fingerprint density at radius 2 is 2.21 bits per heavy atom. The molecule has 4 nitrogen and oxygen atoms in total. The summed E-state index contributed by atoms with van der Waals surface area (Å²) in [6.45, 7) is 8.55. The summed E-state index contributed by atoms with van der Waals surface area (Å²) in [4.78, 5) is 2.44. The van der Waals surface area contributed by atoms with Crippen LogP contribution in [0.4, 0.5) is 0 Å². The lowest BCUT2D eigenvalue weighted by atomic mass is 10.3. The van der Waals surface area contributed by atoms with E-state index in [0.717, 1.165) is 39.3 Å². The quantitative estimate of drug-likeness (QED) is 0.751. The standard InChI is InChI=1S/C10H18N4/c1-2-14-6-3-10(12-14)9-13-7-4-11-5-8-13/h3,6,11H,2,4-5,7-9H2,1H3. The Kier molecular flexibility index (Phi) is 3.16. The summed E-state index contributed by atoms with van der Waals surface area (Å²) < 4.78 is 1.98. The SMILES string of the molecule is CCn1ccc(CN2CCNCC2)n1. The van der Waals surface area contributed by atoms with Crippen molar-refractivity contribution < 1.29 is 0 Å². The van der Waals surface area contributed by atoms with Crippen molar-refractivity contribution in [3.05, 3.63) is 18.0 Å². The minimum absolute atomic E-state index is 0.960. The van der Waals surface area contributed by atoms with E-state index in [4.69, 9.17) is 0 Å². The van der Waals surface area contributed by atoms with Crippen LogP contribution in [0, 0.1) is 0 Å². The van der Waals surface area contributed by atoms with Crippen molar-refractivity contribution in [2.45, 2.75) is 20.0 Å². The summed E-state index contributed by atoms with van der Waals surface area (Å²) >= 11 is 0. The molecule has 1 aromatic heterocycles. The Morgan fingerprint density at radius 3 is 2.86 bits per heavy atom. The Hall–Kier alpha value is -0.870. The average molecular weight is 194 g/mol. The van der Waals surface area contributed by atoms with E-state index in [1.807, 2.05) is 4.68 Å². The minimum atomic E-state index is 0.960. The molecule has 0 radical (unpaired) electrons. The fourth-order valence-corrected chi connectivity index (χ4v) is 1.76. The van der Waals surface area contributed by atoms with E-state index in [2.05, 4.69) is 34.5 Å². The summed E-state index contributed by atoms with van der Waals surface area (Å²) in [6, 6.07) is 2.12. The topological polar surface area (TPSA) is 33.1 Å². The van der Waals surface area contributed by atoms with E-state index in [0.29, 0.717) is 0 Å². The van der Waals surface area contributed by atoms with Gasteiger partial charge in [0.15, 0.2) is 0 Å². The average Bonchev–Trinajstić information content (AvgIpc) is 2.67. The Balaban J connectivity index is 1.89. The van der Waals surface area contributed by atoms with Gasteiger partial charge in [-0.05, 0) is 13.0 Å². The number of piperazine rings is 1. The number of nitrogens with one attached hydrogen (secondary N) is 1. The highest BCUT2D eigenvalue weighted by Gasteiger charge is 2.10. The van der Waals surface area contributed by atoms with Crippen LogP contribution in [0.3, 0.4) is 0 Å². The number of aryl methyl sites for hydroxylation is 1. The van der Waals surface area contributed by atoms with Gasteiger partial charge in [-0.3, -0.25) is 9.58 Å². The number of hydrogen-bond donors (Lipinski definition) is 1. The first-order chi connectivity index (χ1) is 6.88. The summed E-state index contributed by atoms with van der Waals surface area (Å²) in [7, 11) is 0. The van der Waals surface area contributed by atoms with Crippen molar-refractivity contribution in [1.29, 1.82) is 0 Å². The van der Waals surface area contributed by atoms with E-state index in [-0.39, 0.29) is 0 Å². The zero-order chi connectivity index (χ0) is 9.80. The normalized spacial score (nSPS) is 18.6. The fraction of sp³-hybridized carbons (Fsp3) is 0.700. The molecular weight excluding hydrogens is 176 g/mol. The molecule has 0 bridgehead atoms. The van der Waals surface area contributed by atoms with Crippen molar-refractivity contribution in [2.75, 3.05) is 26.2 Å². The van der Waals surface area contributed by atoms with Crippen LogP contribution >= 0.6 is 0 Å². The minimum Gasteiger partial charge on any atom is -0.314 e.